The van der Waals surface area contributed by atoms with Gasteiger partial charge in [-0.1, -0.05) is 27.7 Å². The fourth-order valence-electron chi connectivity index (χ4n) is 4.39. The number of hydrogen-bond donors (Lipinski definition) is 2. The molecule has 7 nitrogen and oxygen atoms in total. The van der Waals surface area contributed by atoms with Gasteiger partial charge in [-0.15, -0.1) is 0 Å². The Hall–Kier alpha value is -1.63. The van der Waals surface area contributed by atoms with E-state index in [0.717, 1.165) is 25.8 Å². The highest BCUT2D eigenvalue weighted by Gasteiger charge is 2.39. The van der Waals surface area contributed by atoms with Crippen molar-refractivity contribution in [2.75, 3.05) is 32.7 Å². The second-order valence-electron chi connectivity index (χ2n) is 9.52. The van der Waals surface area contributed by atoms with Crippen LogP contribution >= 0.6 is 0 Å². The number of hydrogen-bond acceptors (Lipinski definition) is 4. The molecule has 2 atom stereocenters. The van der Waals surface area contributed by atoms with Gasteiger partial charge in [-0.25, -0.2) is 0 Å². The molecule has 29 heavy (non-hydrogen) atoms. The van der Waals surface area contributed by atoms with Crippen LogP contribution in [-0.4, -0.2) is 72.3 Å². The van der Waals surface area contributed by atoms with Gasteiger partial charge in [-0.2, -0.15) is 0 Å². The number of rotatable bonds is 8. The van der Waals surface area contributed by atoms with E-state index in [9.17, 15) is 14.4 Å². The lowest BCUT2D eigenvalue weighted by Crippen LogP contribution is -2.62. The van der Waals surface area contributed by atoms with Gasteiger partial charge in [-0.05, 0) is 43.4 Å². The Labute approximate surface area is 175 Å². The fraction of sp³-hybridized carbons (Fsp3) is 0.864. The van der Waals surface area contributed by atoms with Gasteiger partial charge in [0.15, 0.2) is 0 Å². The maximum atomic E-state index is 13.4. The molecular weight excluding hydrogens is 368 g/mol. The number of carbonyl (C=O) groups is 3. The number of amides is 3. The van der Waals surface area contributed by atoms with Crippen molar-refractivity contribution in [3.8, 4) is 0 Å². The summed E-state index contributed by atoms with van der Waals surface area (Å²) in [4.78, 5) is 41.5. The van der Waals surface area contributed by atoms with Gasteiger partial charge >= 0.3 is 0 Å². The van der Waals surface area contributed by atoms with Crippen LogP contribution in [0.15, 0.2) is 0 Å². The first kappa shape index (κ1) is 23.6. The van der Waals surface area contributed by atoms with Crippen LogP contribution in [0.1, 0.15) is 60.3 Å². The lowest BCUT2D eigenvalue weighted by atomic mass is 9.93. The van der Waals surface area contributed by atoms with E-state index in [1.807, 2.05) is 9.80 Å². The van der Waals surface area contributed by atoms with E-state index in [2.05, 4.69) is 38.3 Å². The topological polar surface area (TPSA) is 81.8 Å². The maximum absolute atomic E-state index is 13.4. The first-order valence-corrected chi connectivity index (χ1v) is 11.3. The molecule has 2 rings (SSSR count). The third kappa shape index (κ3) is 6.98. The van der Waals surface area contributed by atoms with Gasteiger partial charge in [0, 0.05) is 39.6 Å². The van der Waals surface area contributed by atoms with Crippen LogP contribution < -0.4 is 10.6 Å². The predicted octanol–water partition coefficient (Wildman–Crippen LogP) is 1.62. The van der Waals surface area contributed by atoms with Crippen LogP contribution in [0.2, 0.25) is 0 Å². The Morgan fingerprint density at radius 3 is 2.31 bits per heavy atom. The standard InChI is InChI=1S/C22H40N4O3/c1-15(2)12-19-21(28)26(11-8-23-19)20(13-16(3)4)22(29)25-9-6-18(7-10-25)14-24-17(5)27/h15-16,18-20,23H,6-14H2,1-5H3,(H,24,27)/t19-,20-/m0/s1. The minimum Gasteiger partial charge on any atom is -0.356 e. The minimum atomic E-state index is -0.369. The number of nitrogens with zero attached hydrogens (tertiary/aromatic N) is 2. The fourth-order valence-corrected chi connectivity index (χ4v) is 4.39. The average Bonchev–Trinajstić information content (AvgIpc) is 2.66. The average molecular weight is 409 g/mol. The molecule has 2 aliphatic rings. The molecule has 7 heteroatoms. The second kappa shape index (κ2) is 11.0. The Morgan fingerprint density at radius 2 is 1.76 bits per heavy atom. The van der Waals surface area contributed by atoms with E-state index in [1.54, 1.807) is 0 Å². The summed E-state index contributed by atoms with van der Waals surface area (Å²) in [5, 5.41) is 6.22. The molecule has 0 aromatic heterocycles. The number of carbonyl (C=O) groups excluding carboxylic acids is 3. The van der Waals surface area contributed by atoms with Crippen molar-refractivity contribution in [2.45, 2.75) is 72.4 Å². The highest BCUT2D eigenvalue weighted by atomic mass is 16.2. The molecule has 0 aliphatic carbocycles. The van der Waals surface area contributed by atoms with Crippen molar-refractivity contribution in [3.05, 3.63) is 0 Å². The zero-order valence-corrected chi connectivity index (χ0v) is 18.9. The summed E-state index contributed by atoms with van der Waals surface area (Å²) in [5.74, 6) is 1.35. The van der Waals surface area contributed by atoms with Gasteiger partial charge in [0.2, 0.25) is 17.7 Å². The summed E-state index contributed by atoms with van der Waals surface area (Å²) >= 11 is 0. The molecule has 0 spiro atoms. The second-order valence-corrected chi connectivity index (χ2v) is 9.52. The molecule has 166 valence electrons. The van der Waals surface area contributed by atoms with Gasteiger partial charge in [-0.3, -0.25) is 14.4 Å². The summed E-state index contributed by atoms with van der Waals surface area (Å²) in [7, 11) is 0. The van der Waals surface area contributed by atoms with Gasteiger partial charge in [0.1, 0.15) is 6.04 Å². The largest absolute Gasteiger partial charge is 0.356 e. The molecule has 2 saturated heterocycles. The van der Waals surface area contributed by atoms with E-state index < -0.39 is 0 Å². The van der Waals surface area contributed by atoms with Crippen LogP contribution in [0.3, 0.4) is 0 Å². The molecular formula is C22H40N4O3. The molecule has 0 unspecified atom stereocenters. The predicted molar refractivity (Wildman–Crippen MR) is 114 cm³/mol. The van der Waals surface area contributed by atoms with E-state index in [4.69, 9.17) is 0 Å². The Bertz CT molecular complexity index is 570. The number of likely N-dealkylation sites (tertiary alicyclic amines) is 1. The summed E-state index contributed by atoms with van der Waals surface area (Å²) in [5.41, 5.74) is 0. The smallest absolute Gasteiger partial charge is 0.245 e. The van der Waals surface area contributed by atoms with Crippen LogP contribution in [0.4, 0.5) is 0 Å². The van der Waals surface area contributed by atoms with Gasteiger partial charge < -0.3 is 20.4 Å². The first-order valence-electron chi connectivity index (χ1n) is 11.3. The van der Waals surface area contributed by atoms with E-state index in [-0.39, 0.29) is 29.8 Å². The molecule has 0 saturated carbocycles. The van der Waals surface area contributed by atoms with Crippen LogP contribution in [0.25, 0.3) is 0 Å². The quantitative estimate of drug-likeness (QED) is 0.639. The normalized spacial score (nSPS) is 22.3. The van der Waals surface area contributed by atoms with Crippen molar-refractivity contribution in [3.63, 3.8) is 0 Å². The Morgan fingerprint density at radius 1 is 1.10 bits per heavy atom. The lowest BCUT2D eigenvalue weighted by Gasteiger charge is -2.42. The highest BCUT2D eigenvalue weighted by molar-refractivity contribution is 5.90. The van der Waals surface area contributed by atoms with Crippen LogP contribution in [0, 0.1) is 17.8 Å². The third-order valence-electron chi connectivity index (χ3n) is 5.95. The summed E-state index contributed by atoms with van der Waals surface area (Å²) in [6, 6.07) is -0.555. The molecule has 2 aliphatic heterocycles. The first-order chi connectivity index (χ1) is 13.7. The molecule has 2 N–H and O–H groups in total. The van der Waals surface area contributed by atoms with Gasteiger partial charge in [0.25, 0.3) is 0 Å². The molecule has 0 radical (unpaired) electrons. The van der Waals surface area contributed by atoms with Crippen LogP contribution in [-0.2, 0) is 14.4 Å². The van der Waals surface area contributed by atoms with E-state index in [1.165, 1.54) is 6.92 Å². The number of nitrogens with one attached hydrogen (secondary N) is 2. The van der Waals surface area contributed by atoms with Gasteiger partial charge in [0.05, 0.1) is 6.04 Å². The summed E-state index contributed by atoms with van der Waals surface area (Å²) < 4.78 is 0. The Balaban J connectivity index is 2.03. The van der Waals surface area contributed by atoms with Crippen molar-refractivity contribution in [1.82, 2.24) is 20.4 Å². The molecule has 0 aromatic carbocycles. The maximum Gasteiger partial charge on any atom is 0.245 e. The Kier molecular flexibility index (Phi) is 8.93. The van der Waals surface area contributed by atoms with E-state index >= 15 is 0 Å². The number of piperidine rings is 1. The number of piperazine rings is 1. The van der Waals surface area contributed by atoms with Crippen molar-refractivity contribution < 1.29 is 14.4 Å². The molecule has 3 amide bonds. The summed E-state index contributed by atoms with van der Waals surface area (Å²) in [6.07, 6.45) is 3.29. The van der Waals surface area contributed by atoms with E-state index in [0.29, 0.717) is 50.4 Å². The zero-order chi connectivity index (χ0) is 21.6. The minimum absolute atomic E-state index is 0.00586. The molecule has 0 aromatic rings. The highest BCUT2D eigenvalue weighted by Crippen LogP contribution is 2.23. The third-order valence-corrected chi connectivity index (χ3v) is 5.95. The van der Waals surface area contributed by atoms with Crippen LogP contribution in [0.5, 0.6) is 0 Å². The van der Waals surface area contributed by atoms with Crippen molar-refractivity contribution in [2.24, 2.45) is 17.8 Å². The SMILES string of the molecule is CC(=O)NCC1CCN(C(=O)[C@H](CC(C)C)N2CCN[C@@H](CC(C)C)C2=O)CC1. The molecule has 0 bridgehead atoms. The molecule has 2 heterocycles. The van der Waals surface area contributed by atoms with Crippen molar-refractivity contribution in [1.29, 1.82) is 0 Å². The monoisotopic (exact) mass is 408 g/mol. The zero-order valence-electron chi connectivity index (χ0n) is 18.9. The lowest BCUT2D eigenvalue weighted by molar-refractivity contribution is -0.150. The molecule has 2 fully saturated rings. The van der Waals surface area contributed by atoms with Crippen molar-refractivity contribution >= 4 is 17.7 Å². The summed E-state index contributed by atoms with van der Waals surface area (Å²) in [6.45, 7) is 13.4.